The number of aliphatic hydroxyl groups excluding tert-OH is 1. The minimum absolute atomic E-state index is 0.0513. The molecule has 1 aromatic carbocycles. The van der Waals surface area contributed by atoms with E-state index in [2.05, 4.69) is 10.1 Å². The van der Waals surface area contributed by atoms with Crippen LogP contribution in [0.1, 0.15) is 29.6 Å². The van der Waals surface area contributed by atoms with E-state index < -0.39 is 24.1 Å². The largest absolute Gasteiger partial charge is 0.573 e. The first-order valence-electron chi connectivity index (χ1n) is 6.68. The highest BCUT2D eigenvalue weighted by Gasteiger charge is 2.33. The quantitative estimate of drug-likeness (QED) is 0.898. The molecule has 2 N–H and O–H groups in total. The maximum atomic E-state index is 12.3. The van der Waals surface area contributed by atoms with Crippen LogP contribution in [0, 0.1) is 5.92 Å². The third-order valence-electron chi connectivity index (χ3n) is 3.50. The molecule has 0 aromatic heterocycles. The summed E-state index contributed by atoms with van der Waals surface area (Å²) < 4.78 is 40.7. The second-order valence-corrected chi connectivity index (χ2v) is 5.01. The van der Waals surface area contributed by atoms with Crippen LogP contribution in [0.15, 0.2) is 24.3 Å². The second kappa shape index (κ2) is 6.34. The SMILES string of the molecule is O=C(NC[C@H]1CCC[C@H]1O)c1ccccc1OC(F)(F)F. The average molecular weight is 303 g/mol. The van der Waals surface area contributed by atoms with Crippen LogP contribution in [0.3, 0.4) is 0 Å². The first-order chi connectivity index (χ1) is 9.87. The van der Waals surface area contributed by atoms with Crippen LogP contribution in [0.25, 0.3) is 0 Å². The van der Waals surface area contributed by atoms with Crippen LogP contribution < -0.4 is 10.1 Å². The third kappa shape index (κ3) is 4.35. The molecule has 116 valence electrons. The number of ether oxygens (including phenoxy) is 1. The van der Waals surface area contributed by atoms with Crippen molar-refractivity contribution in [3.63, 3.8) is 0 Å². The molecule has 1 fully saturated rings. The smallest absolute Gasteiger partial charge is 0.405 e. The van der Waals surface area contributed by atoms with E-state index in [0.717, 1.165) is 18.9 Å². The van der Waals surface area contributed by atoms with Crippen molar-refractivity contribution in [2.45, 2.75) is 31.7 Å². The number of para-hydroxylation sites is 1. The zero-order valence-corrected chi connectivity index (χ0v) is 11.2. The first kappa shape index (κ1) is 15.6. The predicted octanol–water partition coefficient (Wildman–Crippen LogP) is 2.48. The number of carbonyl (C=O) groups excluding carboxylic acids is 1. The molecule has 1 aliphatic rings. The van der Waals surface area contributed by atoms with E-state index in [4.69, 9.17) is 0 Å². The maximum absolute atomic E-state index is 12.3. The molecule has 0 bridgehead atoms. The van der Waals surface area contributed by atoms with Crippen LogP contribution >= 0.6 is 0 Å². The highest BCUT2D eigenvalue weighted by atomic mass is 19.4. The number of halogens is 3. The molecule has 4 nitrogen and oxygen atoms in total. The average Bonchev–Trinajstić information content (AvgIpc) is 2.80. The van der Waals surface area contributed by atoms with Gasteiger partial charge in [-0.3, -0.25) is 4.79 Å². The van der Waals surface area contributed by atoms with Gasteiger partial charge in [0.05, 0.1) is 11.7 Å². The summed E-state index contributed by atoms with van der Waals surface area (Å²) >= 11 is 0. The summed E-state index contributed by atoms with van der Waals surface area (Å²) in [5.74, 6) is -1.23. The molecule has 1 aromatic rings. The van der Waals surface area contributed by atoms with Crippen molar-refractivity contribution in [2.24, 2.45) is 5.92 Å². The van der Waals surface area contributed by atoms with Gasteiger partial charge in [-0.25, -0.2) is 0 Å². The third-order valence-corrected chi connectivity index (χ3v) is 3.50. The molecule has 21 heavy (non-hydrogen) atoms. The lowest BCUT2D eigenvalue weighted by Gasteiger charge is -2.16. The van der Waals surface area contributed by atoms with E-state index in [-0.39, 0.29) is 18.0 Å². The van der Waals surface area contributed by atoms with Crippen LogP contribution in [0.2, 0.25) is 0 Å². The van der Waals surface area contributed by atoms with Gasteiger partial charge in [0.25, 0.3) is 5.91 Å². The Hall–Kier alpha value is -1.76. The monoisotopic (exact) mass is 303 g/mol. The molecule has 0 unspecified atom stereocenters. The summed E-state index contributed by atoms with van der Waals surface area (Å²) in [6.45, 7) is 0.236. The molecule has 1 amide bonds. The van der Waals surface area contributed by atoms with Gasteiger partial charge in [0, 0.05) is 12.5 Å². The predicted molar refractivity (Wildman–Crippen MR) is 68.8 cm³/mol. The highest BCUT2D eigenvalue weighted by Crippen LogP contribution is 2.27. The van der Waals surface area contributed by atoms with Crippen molar-refractivity contribution >= 4 is 5.91 Å². The Morgan fingerprint density at radius 1 is 1.33 bits per heavy atom. The molecule has 2 rings (SSSR count). The number of hydrogen-bond acceptors (Lipinski definition) is 3. The fraction of sp³-hybridized carbons (Fsp3) is 0.500. The standard InChI is InChI=1S/C14H16F3NO3/c15-14(16,17)21-12-7-2-1-5-10(12)13(20)18-8-9-4-3-6-11(9)19/h1-2,5,7,9,11,19H,3-4,6,8H2,(H,18,20)/t9-,11-/m1/s1. The van der Waals surface area contributed by atoms with Gasteiger partial charge < -0.3 is 15.2 Å². The molecule has 0 radical (unpaired) electrons. The Labute approximate surface area is 119 Å². The number of hydrogen-bond donors (Lipinski definition) is 2. The minimum atomic E-state index is -4.85. The lowest BCUT2D eigenvalue weighted by molar-refractivity contribution is -0.274. The second-order valence-electron chi connectivity index (χ2n) is 5.01. The number of benzene rings is 1. The minimum Gasteiger partial charge on any atom is -0.405 e. The molecule has 1 aliphatic carbocycles. The van der Waals surface area contributed by atoms with Gasteiger partial charge in [-0.2, -0.15) is 0 Å². The summed E-state index contributed by atoms with van der Waals surface area (Å²) in [4.78, 5) is 12.0. The van der Waals surface area contributed by atoms with Crippen molar-refractivity contribution in [3.8, 4) is 5.75 Å². The summed E-state index contributed by atoms with van der Waals surface area (Å²) in [6, 6.07) is 5.18. The van der Waals surface area contributed by atoms with E-state index in [1.807, 2.05) is 0 Å². The lowest BCUT2D eigenvalue weighted by atomic mass is 10.1. The van der Waals surface area contributed by atoms with Gasteiger partial charge in [0.1, 0.15) is 5.75 Å². The van der Waals surface area contributed by atoms with Crippen LogP contribution in [0.5, 0.6) is 5.75 Å². The van der Waals surface area contributed by atoms with E-state index in [1.165, 1.54) is 18.2 Å². The highest BCUT2D eigenvalue weighted by molar-refractivity contribution is 5.96. The number of alkyl halides is 3. The van der Waals surface area contributed by atoms with Crippen molar-refractivity contribution in [1.82, 2.24) is 5.32 Å². The van der Waals surface area contributed by atoms with Crippen LogP contribution in [-0.4, -0.2) is 30.0 Å². The fourth-order valence-electron chi connectivity index (χ4n) is 2.44. The summed E-state index contributed by atoms with van der Waals surface area (Å²) in [5, 5.41) is 12.2. The summed E-state index contributed by atoms with van der Waals surface area (Å²) in [5.41, 5.74) is -0.178. The molecule has 2 atom stereocenters. The van der Waals surface area contributed by atoms with Crippen LogP contribution in [0.4, 0.5) is 13.2 Å². The summed E-state index contributed by atoms with van der Waals surface area (Å²) in [6.07, 6.45) is -2.95. The van der Waals surface area contributed by atoms with Crippen LogP contribution in [-0.2, 0) is 0 Å². The molecular weight excluding hydrogens is 287 g/mol. The van der Waals surface area contributed by atoms with E-state index >= 15 is 0 Å². The Morgan fingerprint density at radius 3 is 2.67 bits per heavy atom. The number of nitrogens with one attached hydrogen (secondary N) is 1. The zero-order chi connectivity index (χ0) is 15.5. The first-order valence-corrected chi connectivity index (χ1v) is 6.68. The van der Waals surface area contributed by atoms with Crippen molar-refractivity contribution < 1.29 is 27.8 Å². The fourth-order valence-corrected chi connectivity index (χ4v) is 2.44. The van der Waals surface area contributed by atoms with Crippen molar-refractivity contribution in [3.05, 3.63) is 29.8 Å². The molecule has 0 heterocycles. The Bertz CT molecular complexity index is 504. The van der Waals surface area contributed by atoms with Crippen molar-refractivity contribution in [2.75, 3.05) is 6.54 Å². The van der Waals surface area contributed by atoms with Crippen molar-refractivity contribution in [1.29, 1.82) is 0 Å². The van der Waals surface area contributed by atoms with Gasteiger partial charge in [-0.05, 0) is 25.0 Å². The van der Waals surface area contributed by atoms with Gasteiger partial charge in [0.2, 0.25) is 0 Å². The number of carbonyl (C=O) groups is 1. The lowest BCUT2D eigenvalue weighted by Crippen LogP contribution is -2.33. The topological polar surface area (TPSA) is 58.6 Å². The molecule has 1 saturated carbocycles. The van der Waals surface area contributed by atoms with E-state index in [1.54, 1.807) is 0 Å². The molecule has 0 spiro atoms. The Morgan fingerprint density at radius 2 is 2.05 bits per heavy atom. The number of aliphatic hydroxyl groups is 1. The van der Waals surface area contributed by atoms with Gasteiger partial charge in [-0.1, -0.05) is 18.6 Å². The van der Waals surface area contributed by atoms with Gasteiger partial charge in [0.15, 0.2) is 0 Å². The molecule has 0 saturated heterocycles. The molecular formula is C14H16F3NO3. The van der Waals surface area contributed by atoms with E-state index in [9.17, 15) is 23.1 Å². The maximum Gasteiger partial charge on any atom is 0.573 e. The van der Waals surface area contributed by atoms with Gasteiger partial charge >= 0.3 is 6.36 Å². The normalized spacial score (nSPS) is 22.1. The number of amides is 1. The number of rotatable bonds is 4. The Kier molecular flexibility index (Phi) is 4.72. The molecule has 7 heteroatoms. The van der Waals surface area contributed by atoms with Gasteiger partial charge in [-0.15, -0.1) is 13.2 Å². The zero-order valence-electron chi connectivity index (χ0n) is 11.2. The Balaban J connectivity index is 2.01. The van der Waals surface area contributed by atoms with E-state index in [0.29, 0.717) is 6.42 Å². The summed E-state index contributed by atoms with van der Waals surface area (Å²) in [7, 11) is 0. The molecule has 0 aliphatic heterocycles.